The lowest BCUT2D eigenvalue weighted by molar-refractivity contribution is -0.138. The summed E-state index contributed by atoms with van der Waals surface area (Å²) in [6.45, 7) is 2.32. The normalized spacial score (nSPS) is 44.1. The van der Waals surface area contributed by atoms with Gasteiger partial charge in [-0.2, -0.15) is 0 Å². The van der Waals surface area contributed by atoms with Crippen LogP contribution >= 0.6 is 0 Å². The van der Waals surface area contributed by atoms with Crippen LogP contribution in [0, 0.1) is 23.7 Å². The van der Waals surface area contributed by atoms with Crippen molar-refractivity contribution in [3.63, 3.8) is 0 Å². The molecule has 5 aliphatic rings. The van der Waals surface area contributed by atoms with Gasteiger partial charge in [0, 0.05) is 19.5 Å². The average molecular weight is 290 g/mol. The zero-order chi connectivity index (χ0) is 14.6. The van der Waals surface area contributed by atoms with Crippen LogP contribution in [-0.4, -0.2) is 35.3 Å². The Kier molecular flexibility index (Phi) is 3.23. The van der Waals surface area contributed by atoms with Crippen LogP contribution in [0.15, 0.2) is 0 Å². The molecule has 0 aromatic carbocycles. The van der Waals surface area contributed by atoms with E-state index in [4.69, 9.17) is 0 Å². The molecule has 0 radical (unpaired) electrons. The number of hydrogen-bond donors (Lipinski definition) is 1. The second-order valence-electron chi connectivity index (χ2n) is 7.84. The molecule has 4 saturated carbocycles. The fourth-order valence-corrected chi connectivity index (χ4v) is 5.84. The zero-order valence-corrected chi connectivity index (χ0v) is 12.9. The van der Waals surface area contributed by atoms with E-state index in [0.29, 0.717) is 17.9 Å². The van der Waals surface area contributed by atoms with Crippen molar-refractivity contribution < 1.29 is 9.59 Å². The van der Waals surface area contributed by atoms with Crippen molar-refractivity contribution in [3.05, 3.63) is 0 Å². The molecule has 4 bridgehead atoms. The minimum Gasteiger partial charge on any atom is -0.351 e. The van der Waals surface area contributed by atoms with Crippen LogP contribution in [0.3, 0.4) is 0 Å². The van der Waals surface area contributed by atoms with E-state index in [-0.39, 0.29) is 17.9 Å². The molecule has 1 saturated heterocycles. The van der Waals surface area contributed by atoms with Crippen molar-refractivity contribution in [1.82, 2.24) is 10.2 Å². The Morgan fingerprint density at radius 3 is 2.19 bits per heavy atom. The molecule has 1 N–H and O–H groups in total. The SMILES string of the molecule is CC(=O)N1CCC[C@H]1C(=O)NC1C2CC3CC(C2)CC1C3. The predicted octanol–water partition coefficient (Wildman–Crippen LogP) is 1.94. The van der Waals surface area contributed by atoms with Gasteiger partial charge >= 0.3 is 0 Å². The Morgan fingerprint density at radius 2 is 1.62 bits per heavy atom. The van der Waals surface area contributed by atoms with Crippen LogP contribution in [0.4, 0.5) is 0 Å². The van der Waals surface area contributed by atoms with E-state index in [2.05, 4.69) is 5.32 Å². The molecule has 116 valence electrons. The summed E-state index contributed by atoms with van der Waals surface area (Å²) in [5.41, 5.74) is 0. The smallest absolute Gasteiger partial charge is 0.243 e. The summed E-state index contributed by atoms with van der Waals surface area (Å²) in [4.78, 5) is 26.0. The van der Waals surface area contributed by atoms with Crippen LogP contribution in [0.5, 0.6) is 0 Å². The molecular weight excluding hydrogens is 264 g/mol. The minimum atomic E-state index is -0.209. The van der Waals surface area contributed by atoms with Crippen LogP contribution in [-0.2, 0) is 9.59 Å². The Balaban J connectivity index is 1.44. The molecule has 0 unspecified atom stereocenters. The predicted molar refractivity (Wildman–Crippen MR) is 79.4 cm³/mol. The second-order valence-corrected chi connectivity index (χ2v) is 7.84. The van der Waals surface area contributed by atoms with Gasteiger partial charge in [0.15, 0.2) is 0 Å². The van der Waals surface area contributed by atoms with Crippen LogP contribution in [0.2, 0.25) is 0 Å². The summed E-state index contributed by atoms with van der Waals surface area (Å²) in [5, 5.41) is 3.36. The third-order valence-electron chi connectivity index (χ3n) is 6.50. The summed E-state index contributed by atoms with van der Waals surface area (Å²) in [7, 11) is 0. The van der Waals surface area contributed by atoms with Gasteiger partial charge in [-0.1, -0.05) is 0 Å². The largest absolute Gasteiger partial charge is 0.351 e. The van der Waals surface area contributed by atoms with Gasteiger partial charge in [0.25, 0.3) is 0 Å². The maximum absolute atomic E-state index is 12.6. The third-order valence-corrected chi connectivity index (χ3v) is 6.50. The number of hydrogen-bond acceptors (Lipinski definition) is 2. The Bertz CT molecular complexity index is 434. The molecule has 5 fully saturated rings. The van der Waals surface area contributed by atoms with Crippen LogP contribution in [0.25, 0.3) is 0 Å². The Labute approximate surface area is 126 Å². The first kappa shape index (κ1) is 13.6. The van der Waals surface area contributed by atoms with Gasteiger partial charge in [0.1, 0.15) is 6.04 Å². The molecule has 0 spiro atoms. The first-order valence-electron chi connectivity index (χ1n) is 8.69. The standard InChI is InChI=1S/C17H26N2O2/c1-10(20)19-4-2-3-15(19)17(21)18-16-13-6-11-5-12(8-13)9-14(16)7-11/h11-16H,2-9H2,1H3,(H,18,21)/t11?,12?,13?,14?,15-,16?/m0/s1. The van der Waals surface area contributed by atoms with E-state index in [1.165, 1.54) is 32.1 Å². The molecule has 1 atom stereocenters. The van der Waals surface area contributed by atoms with Gasteiger partial charge in [-0.05, 0) is 68.6 Å². The van der Waals surface area contributed by atoms with Crippen molar-refractivity contribution in [2.45, 2.75) is 64.0 Å². The minimum absolute atomic E-state index is 0.0396. The summed E-state index contributed by atoms with van der Waals surface area (Å²) < 4.78 is 0. The fourth-order valence-electron chi connectivity index (χ4n) is 5.84. The summed E-state index contributed by atoms with van der Waals surface area (Å²) in [6, 6.07) is 0.180. The van der Waals surface area contributed by atoms with Crippen molar-refractivity contribution in [3.8, 4) is 0 Å². The van der Waals surface area contributed by atoms with Crippen molar-refractivity contribution >= 4 is 11.8 Å². The summed E-state index contributed by atoms with van der Waals surface area (Å²) >= 11 is 0. The molecule has 4 aliphatic carbocycles. The maximum Gasteiger partial charge on any atom is 0.243 e. The van der Waals surface area contributed by atoms with E-state index >= 15 is 0 Å². The van der Waals surface area contributed by atoms with E-state index in [0.717, 1.165) is 31.2 Å². The van der Waals surface area contributed by atoms with Gasteiger partial charge in [-0.25, -0.2) is 0 Å². The summed E-state index contributed by atoms with van der Waals surface area (Å²) in [5.74, 6) is 3.43. The number of nitrogens with zero attached hydrogens (tertiary/aromatic N) is 1. The Morgan fingerprint density at radius 1 is 1.00 bits per heavy atom. The molecule has 4 nitrogen and oxygen atoms in total. The molecule has 1 aliphatic heterocycles. The van der Waals surface area contributed by atoms with Gasteiger partial charge in [-0.15, -0.1) is 0 Å². The van der Waals surface area contributed by atoms with E-state index in [1.54, 1.807) is 11.8 Å². The molecule has 4 heteroatoms. The number of carbonyl (C=O) groups is 2. The highest BCUT2D eigenvalue weighted by Crippen LogP contribution is 2.53. The maximum atomic E-state index is 12.6. The molecule has 2 amide bonds. The molecule has 1 heterocycles. The van der Waals surface area contributed by atoms with Gasteiger partial charge in [-0.3, -0.25) is 9.59 Å². The highest BCUT2D eigenvalue weighted by Gasteiger charge is 2.49. The highest BCUT2D eigenvalue weighted by atomic mass is 16.2. The van der Waals surface area contributed by atoms with E-state index in [1.807, 2.05) is 0 Å². The number of amides is 2. The number of likely N-dealkylation sites (tertiary alicyclic amines) is 1. The first-order valence-corrected chi connectivity index (χ1v) is 8.69. The zero-order valence-electron chi connectivity index (χ0n) is 12.9. The number of rotatable bonds is 2. The van der Waals surface area contributed by atoms with Crippen LogP contribution < -0.4 is 5.32 Å². The van der Waals surface area contributed by atoms with Crippen LogP contribution in [0.1, 0.15) is 51.9 Å². The number of nitrogens with one attached hydrogen (secondary N) is 1. The molecule has 5 rings (SSSR count). The lowest BCUT2D eigenvalue weighted by Gasteiger charge is -2.54. The molecule has 21 heavy (non-hydrogen) atoms. The van der Waals surface area contributed by atoms with E-state index < -0.39 is 0 Å². The quantitative estimate of drug-likeness (QED) is 0.845. The average Bonchev–Trinajstić information content (AvgIpc) is 2.91. The molecular formula is C17H26N2O2. The van der Waals surface area contributed by atoms with E-state index in [9.17, 15) is 9.59 Å². The van der Waals surface area contributed by atoms with Crippen molar-refractivity contribution in [2.75, 3.05) is 6.54 Å². The molecule has 0 aromatic heterocycles. The first-order chi connectivity index (χ1) is 10.1. The van der Waals surface area contributed by atoms with Gasteiger partial charge < -0.3 is 10.2 Å². The van der Waals surface area contributed by atoms with Crippen molar-refractivity contribution in [1.29, 1.82) is 0 Å². The van der Waals surface area contributed by atoms with Gasteiger partial charge in [0.05, 0.1) is 0 Å². The monoisotopic (exact) mass is 290 g/mol. The van der Waals surface area contributed by atoms with Crippen molar-refractivity contribution in [2.24, 2.45) is 23.7 Å². The highest BCUT2D eigenvalue weighted by molar-refractivity contribution is 5.87. The third kappa shape index (κ3) is 2.27. The van der Waals surface area contributed by atoms with Gasteiger partial charge in [0.2, 0.25) is 11.8 Å². The second kappa shape index (κ2) is 4.99. The lowest BCUT2D eigenvalue weighted by atomic mass is 9.54. The topological polar surface area (TPSA) is 49.4 Å². The Hall–Kier alpha value is -1.06. The summed E-state index contributed by atoms with van der Waals surface area (Å²) in [6.07, 6.45) is 8.50. The fraction of sp³-hybridized carbons (Fsp3) is 0.882. The lowest BCUT2D eigenvalue weighted by Crippen LogP contribution is -2.58. The number of carbonyl (C=O) groups excluding carboxylic acids is 2. The molecule has 0 aromatic rings.